The van der Waals surface area contributed by atoms with Gasteiger partial charge in [0.25, 0.3) is 0 Å². The van der Waals surface area contributed by atoms with Gasteiger partial charge in [-0.2, -0.15) is 0 Å². The summed E-state index contributed by atoms with van der Waals surface area (Å²) >= 11 is 9.18. The second-order valence-electron chi connectivity index (χ2n) is 4.62. The molecular weight excluding hydrogens is 402 g/mol. The smallest absolute Gasteiger partial charge is 0.313 e. The van der Waals surface area contributed by atoms with Crippen LogP contribution in [0.1, 0.15) is 5.76 Å². The maximum absolute atomic E-state index is 11.8. The number of hydrogen-bond donors (Lipinski definition) is 3. The maximum Gasteiger partial charge on any atom is 0.313 e. The van der Waals surface area contributed by atoms with E-state index in [-0.39, 0.29) is 18.1 Å². The summed E-state index contributed by atoms with van der Waals surface area (Å²) in [7, 11) is 0. The van der Waals surface area contributed by atoms with Crippen LogP contribution in [-0.4, -0.2) is 24.3 Å². The summed E-state index contributed by atoms with van der Waals surface area (Å²) in [6, 6.07) is 8.20. The molecule has 2 rings (SSSR count). The Hall–Kier alpha value is -2.32. The molecule has 3 N–H and O–H groups in total. The highest BCUT2D eigenvalue weighted by atomic mass is 79.9. The molecule has 0 saturated carbocycles. The Morgan fingerprint density at radius 2 is 1.92 bits per heavy atom. The molecule has 0 bridgehead atoms. The lowest BCUT2D eigenvalue weighted by atomic mass is 10.3. The van der Waals surface area contributed by atoms with Gasteiger partial charge < -0.3 is 20.4 Å². The van der Waals surface area contributed by atoms with Crippen LogP contribution in [0.4, 0.5) is 5.69 Å². The molecule has 0 saturated heterocycles. The molecule has 0 aliphatic rings. The highest BCUT2D eigenvalue weighted by Crippen LogP contribution is 2.25. The molecule has 9 heteroatoms. The molecule has 24 heavy (non-hydrogen) atoms. The zero-order valence-electron chi connectivity index (χ0n) is 12.3. The summed E-state index contributed by atoms with van der Waals surface area (Å²) in [4.78, 5) is 35.0. The molecule has 0 radical (unpaired) electrons. The molecule has 2 aromatic rings. The number of carbonyl (C=O) groups is 3. The number of hydrogen-bond acceptors (Lipinski definition) is 4. The Balaban J connectivity index is 1.76. The van der Waals surface area contributed by atoms with Gasteiger partial charge in [-0.25, -0.2) is 0 Å². The number of furan rings is 1. The van der Waals surface area contributed by atoms with Crippen LogP contribution in [0.15, 0.2) is 45.5 Å². The third kappa shape index (κ3) is 5.39. The van der Waals surface area contributed by atoms with Crippen LogP contribution in [0.5, 0.6) is 0 Å². The van der Waals surface area contributed by atoms with Gasteiger partial charge in [0.05, 0.1) is 30.1 Å². The number of carbonyl (C=O) groups excluding carboxylic acids is 3. The van der Waals surface area contributed by atoms with E-state index in [1.54, 1.807) is 30.3 Å². The minimum atomic E-state index is -0.942. The van der Waals surface area contributed by atoms with Crippen LogP contribution in [0, 0.1) is 0 Å². The predicted molar refractivity (Wildman–Crippen MR) is 91.3 cm³/mol. The Bertz CT molecular complexity index is 749. The fraction of sp³-hybridized carbons (Fsp3) is 0.133. The summed E-state index contributed by atoms with van der Waals surface area (Å²) in [5.41, 5.74) is 0.294. The van der Waals surface area contributed by atoms with Crippen molar-refractivity contribution in [2.45, 2.75) is 6.54 Å². The molecule has 0 fully saturated rings. The minimum Gasteiger partial charge on any atom is -0.467 e. The van der Waals surface area contributed by atoms with Gasteiger partial charge in [0, 0.05) is 4.47 Å². The van der Waals surface area contributed by atoms with Crippen molar-refractivity contribution in [1.82, 2.24) is 10.6 Å². The lowest BCUT2D eigenvalue weighted by Gasteiger charge is -2.08. The van der Waals surface area contributed by atoms with Crippen LogP contribution in [0.3, 0.4) is 0 Å². The first-order chi connectivity index (χ1) is 11.5. The van der Waals surface area contributed by atoms with Crippen molar-refractivity contribution < 1.29 is 18.8 Å². The van der Waals surface area contributed by atoms with Gasteiger partial charge in [-0.15, -0.1) is 0 Å². The summed E-state index contributed by atoms with van der Waals surface area (Å²) in [6.45, 7) is -0.135. The van der Waals surface area contributed by atoms with Gasteiger partial charge in [-0.05, 0) is 30.3 Å². The van der Waals surface area contributed by atoms with Gasteiger partial charge in [0.1, 0.15) is 5.76 Å². The summed E-state index contributed by atoms with van der Waals surface area (Å²) < 4.78 is 5.79. The SMILES string of the molecule is O=C(CNC(=O)C(=O)Nc1ccc(Br)cc1Cl)NCc1ccco1. The van der Waals surface area contributed by atoms with Crippen molar-refractivity contribution in [3.8, 4) is 0 Å². The Morgan fingerprint density at radius 3 is 2.58 bits per heavy atom. The van der Waals surface area contributed by atoms with Gasteiger partial charge in [-0.3, -0.25) is 14.4 Å². The number of benzene rings is 1. The first-order valence-corrected chi connectivity index (χ1v) is 7.96. The van der Waals surface area contributed by atoms with Crippen LogP contribution >= 0.6 is 27.5 Å². The van der Waals surface area contributed by atoms with E-state index in [1.165, 1.54) is 6.26 Å². The Labute approximate surface area is 150 Å². The number of nitrogens with one attached hydrogen (secondary N) is 3. The van der Waals surface area contributed by atoms with E-state index in [9.17, 15) is 14.4 Å². The second kappa shape index (κ2) is 8.51. The number of halogens is 2. The fourth-order valence-electron chi connectivity index (χ4n) is 1.67. The second-order valence-corrected chi connectivity index (χ2v) is 5.94. The van der Waals surface area contributed by atoms with E-state index in [1.807, 2.05) is 0 Å². The standard InChI is InChI=1S/C15H13BrClN3O4/c16-9-3-4-12(11(17)6-9)20-15(23)14(22)19-8-13(21)18-7-10-2-1-5-24-10/h1-6H,7-8H2,(H,18,21)(H,19,22)(H,20,23). The Morgan fingerprint density at radius 1 is 1.12 bits per heavy atom. The number of rotatable bonds is 5. The van der Waals surface area contributed by atoms with Gasteiger partial charge >= 0.3 is 11.8 Å². The molecule has 1 heterocycles. The van der Waals surface area contributed by atoms with Crippen molar-refractivity contribution >= 4 is 50.9 Å². The van der Waals surface area contributed by atoms with E-state index in [4.69, 9.17) is 16.0 Å². The van der Waals surface area contributed by atoms with Crippen LogP contribution in [-0.2, 0) is 20.9 Å². The largest absolute Gasteiger partial charge is 0.467 e. The fourth-order valence-corrected chi connectivity index (χ4v) is 2.39. The first kappa shape index (κ1) is 18.0. The zero-order chi connectivity index (χ0) is 17.5. The monoisotopic (exact) mass is 413 g/mol. The molecule has 0 spiro atoms. The molecule has 0 aliphatic heterocycles. The summed E-state index contributed by atoms with van der Waals surface area (Å²) in [6.07, 6.45) is 1.49. The average Bonchev–Trinajstić information content (AvgIpc) is 3.06. The predicted octanol–water partition coefficient (Wildman–Crippen LogP) is 2.07. The normalized spacial score (nSPS) is 10.1. The molecule has 1 aromatic heterocycles. The van der Waals surface area contributed by atoms with Crippen molar-refractivity contribution in [2.75, 3.05) is 11.9 Å². The molecule has 126 valence electrons. The van der Waals surface area contributed by atoms with Gasteiger partial charge in [0.15, 0.2) is 0 Å². The zero-order valence-corrected chi connectivity index (χ0v) is 14.6. The highest BCUT2D eigenvalue weighted by molar-refractivity contribution is 9.10. The quantitative estimate of drug-likeness (QED) is 0.652. The molecule has 1 aromatic carbocycles. The molecular formula is C15H13BrClN3O4. The lowest BCUT2D eigenvalue weighted by Crippen LogP contribution is -2.41. The van der Waals surface area contributed by atoms with Crippen molar-refractivity contribution in [2.24, 2.45) is 0 Å². The van der Waals surface area contributed by atoms with Crippen molar-refractivity contribution in [1.29, 1.82) is 0 Å². The van der Waals surface area contributed by atoms with E-state index in [0.29, 0.717) is 11.4 Å². The van der Waals surface area contributed by atoms with E-state index < -0.39 is 17.7 Å². The third-order valence-corrected chi connectivity index (χ3v) is 3.64. The van der Waals surface area contributed by atoms with E-state index >= 15 is 0 Å². The summed E-state index contributed by atoms with van der Waals surface area (Å²) in [5.74, 6) is -1.73. The van der Waals surface area contributed by atoms with Gasteiger partial charge in [-0.1, -0.05) is 27.5 Å². The maximum atomic E-state index is 11.8. The molecule has 7 nitrogen and oxygen atoms in total. The van der Waals surface area contributed by atoms with Crippen molar-refractivity contribution in [3.05, 3.63) is 51.9 Å². The number of anilines is 1. The van der Waals surface area contributed by atoms with E-state index in [0.717, 1.165) is 4.47 Å². The number of amides is 3. The third-order valence-electron chi connectivity index (χ3n) is 2.83. The average molecular weight is 415 g/mol. The van der Waals surface area contributed by atoms with Crippen LogP contribution in [0.2, 0.25) is 5.02 Å². The van der Waals surface area contributed by atoms with Crippen molar-refractivity contribution in [3.63, 3.8) is 0 Å². The topological polar surface area (TPSA) is 100 Å². The molecule has 0 atom stereocenters. The molecule has 3 amide bonds. The highest BCUT2D eigenvalue weighted by Gasteiger charge is 2.16. The lowest BCUT2D eigenvalue weighted by molar-refractivity contribution is -0.136. The first-order valence-electron chi connectivity index (χ1n) is 6.79. The molecule has 0 aliphatic carbocycles. The van der Waals surface area contributed by atoms with Crippen LogP contribution < -0.4 is 16.0 Å². The van der Waals surface area contributed by atoms with Crippen LogP contribution in [0.25, 0.3) is 0 Å². The molecule has 0 unspecified atom stereocenters. The van der Waals surface area contributed by atoms with E-state index in [2.05, 4.69) is 31.9 Å². The van der Waals surface area contributed by atoms with Gasteiger partial charge in [0.2, 0.25) is 5.91 Å². The Kier molecular flexibility index (Phi) is 6.39. The minimum absolute atomic E-state index is 0.197. The summed E-state index contributed by atoms with van der Waals surface area (Å²) in [5, 5.41) is 7.40.